The summed E-state index contributed by atoms with van der Waals surface area (Å²) in [5.41, 5.74) is 10.8. The van der Waals surface area contributed by atoms with Crippen LogP contribution in [0.5, 0.6) is 0 Å². The predicted molar refractivity (Wildman–Crippen MR) is 216 cm³/mol. The number of nitrogens with zero attached hydrogens (tertiary/aromatic N) is 5. The molecule has 0 saturated heterocycles. The zero-order valence-corrected chi connectivity index (χ0v) is 31.5. The Balaban J connectivity index is 0.00000372. The van der Waals surface area contributed by atoms with Gasteiger partial charge in [-0.2, -0.15) is 18.2 Å². The second-order valence-corrected chi connectivity index (χ2v) is 14.6. The molecule has 6 aromatic carbocycles. The van der Waals surface area contributed by atoms with Crippen molar-refractivity contribution in [3.05, 3.63) is 186 Å². The van der Waals surface area contributed by atoms with Crippen LogP contribution in [0, 0.1) is 12.1 Å². The van der Waals surface area contributed by atoms with Gasteiger partial charge >= 0.3 is 20.4 Å². The van der Waals surface area contributed by atoms with Crippen LogP contribution in [-0.2, 0) is 25.8 Å². The summed E-state index contributed by atoms with van der Waals surface area (Å²) in [4.78, 5) is 12.0. The molecule has 0 N–H and O–H groups in total. The molecule has 0 aliphatic carbocycles. The van der Waals surface area contributed by atoms with Gasteiger partial charge in [-0.05, 0) is 59.0 Å². The number of aromatic nitrogens is 4. The average Bonchev–Trinajstić information content (AvgIpc) is 3.85. The molecule has 0 saturated carbocycles. The summed E-state index contributed by atoms with van der Waals surface area (Å²) in [5, 5.41) is 4.97. The molecule has 1 aliphatic rings. The molecule has 0 spiro atoms. The molecule has 7 heteroatoms. The van der Waals surface area contributed by atoms with Crippen molar-refractivity contribution in [1.29, 1.82) is 0 Å². The van der Waals surface area contributed by atoms with Crippen molar-refractivity contribution in [2.75, 3.05) is 4.90 Å². The molecule has 1 aliphatic heterocycles. The van der Waals surface area contributed by atoms with E-state index in [1.54, 1.807) is 12.3 Å². The van der Waals surface area contributed by atoms with Crippen LogP contribution in [0.1, 0.15) is 42.3 Å². The summed E-state index contributed by atoms with van der Waals surface area (Å²) in [6, 6.07) is 52.5. The van der Waals surface area contributed by atoms with Crippen molar-refractivity contribution >= 4 is 66.3 Å². The van der Waals surface area contributed by atoms with E-state index < -0.39 is 6.17 Å². The molecule has 4 aromatic heterocycles. The third-order valence-corrected chi connectivity index (χ3v) is 11.3. The van der Waals surface area contributed by atoms with E-state index in [-0.39, 0.29) is 25.8 Å². The van der Waals surface area contributed by atoms with Crippen molar-refractivity contribution in [3.63, 3.8) is 0 Å². The zero-order valence-electron chi connectivity index (χ0n) is 29.9. The topological polar surface area (TPSA) is 38.4 Å². The fraction of sp³-hybridized carbons (Fsp3) is 0.0833. The first-order chi connectivity index (χ1) is 26.5. The van der Waals surface area contributed by atoms with Gasteiger partial charge in [-0.15, -0.1) is 29.8 Å². The van der Waals surface area contributed by atoms with Gasteiger partial charge in [0, 0.05) is 46.0 Å². The average molecular weight is 804 g/mol. The van der Waals surface area contributed by atoms with Crippen LogP contribution in [0.3, 0.4) is 0 Å². The Morgan fingerprint density at radius 2 is 1.38 bits per heavy atom. The van der Waals surface area contributed by atoms with Crippen molar-refractivity contribution in [2.45, 2.75) is 25.4 Å². The largest absolute Gasteiger partial charge is 2.00 e. The van der Waals surface area contributed by atoms with Gasteiger partial charge in [0.2, 0.25) is 0 Å². The molecular weight excluding hydrogens is 772 g/mol. The van der Waals surface area contributed by atoms with E-state index in [4.69, 9.17) is 4.98 Å². The van der Waals surface area contributed by atoms with Gasteiger partial charge in [0.05, 0.1) is 22.5 Å². The Bertz CT molecular complexity index is 3130. The van der Waals surface area contributed by atoms with E-state index in [0.29, 0.717) is 11.1 Å². The Hall–Kier alpha value is -6.13. The maximum absolute atomic E-state index is 16.9. The maximum Gasteiger partial charge on any atom is 2.00 e. The normalized spacial score (nSPS) is 14.0. The molecule has 55 heavy (non-hydrogen) atoms. The molecule has 11 rings (SSSR count). The summed E-state index contributed by atoms with van der Waals surface area (Å²) >= 11 is 0. The number of benzene rings is 6. The van der Waals surface area contributed by atoms with Gasteiger partial charge < -0.3 is 13.9 Å². The zero-order chi connectivity index (χ0) is 36.1. The molecular formula is C48H32FN5Pd. The number of pyridine rings is 2. The quantitative estimate of drug-likeness (QED) is 0.101. The van der Waals surface area contributed by atoms with Crippen LogP contribution < -0.4 is 4.90 Å². The molecule has 0 fully saturated rings. The number of anilines is 3. The second-order valence-electron chi connectivity index (χ2n) is 14.6. The van der Waals surface area contributed by atoms with Gasteiger partial charge in [0.15, 0.2) is 0 Å². The molecule has 1 unspecified atom stereocenters. The number of fused-ring (bicyclic) bond motifs is 12. The smallest absolute Gasteiger partial charge is 0.340 e. The standard InChI is InChI=1S/C48H32FN5.Pd/c1-48(2)38-18-7-9-20-41(38)53(32-13-4-3-5-14-32)45-39(48)23-24-42-43(45)36-17-11-25-50-47(36)54(42)33-15-10-12-30(28-33)44(49)31-21-22-34-35-16-6-8-19-40(35)52-27-26-51-46(52)37(34)29-31;/h3-27,44H,1-2H3;/q-2;+2. The second kappa shape index (κ2) is 12.5. The Kier molecular flexibility index (Phi) is 7.58. The summed E-state index contributed by atoms with van der Waals surface area (Å²) < 4.78 is 21.0. The van der Waals surface area contributed by atoms with E-state index >= 15 is 4.39 Å². The van der Waals surface area contributed by atoms with Crippen molar-refractivity contribution in [1.82, 2.24) is 18.9 Å². The van der Waals surface area contributed by atoms with Crippen LogP contribution in [0.4, 0.5) is 21.5 Å². The van der Waals surface area contributed by atoms with Crippen molar-refractivity contribution < 1.29 is 24.8 Å². The number of hydrogen-bond acceptors (Lipinski definition) is 3. The minimum Gasteiger partial charge on any atom is -0.340 e. The van der Waals surface area contributed by atoms with Gasteiger partial charge in [0.25, 0.3) is 0 Å². The number of para-hydroxylation sites is 3. The minimum atomic E-state index is -1.46. The van der Waals surface area contributed by atoms with Gasteiger partial charge in [-0.25, -0.2) is 9.37 Å². The van der Waals surface area contributed by atoms with Gasteiger partial charge in [0.1, 0.15) is 11.8 Å². The van der Waals surface area contributed by atoms with Crippen LogP contribution in [-0.4, -0.2) is 18.9 Å². The SMILES string of the molecule is CC1(C)c2ccccc2N(c2ccccc2)c2c1ccc1c2c2cccnc2n1-c1[c-]c(C(F)c2[c-]c3c(cc2)c2ccccc2n2ccnc32)ccc1.[Pd+2]. The molecule has 5 heterocycles. The number of halogens is 1. The molecule has 266 valence electrons. The minimum absolute atomic E-state index is 0. The molecule has 0 bridgehead atoms. The van der Waals surface area contributed by atoms with Crippen molar-refractivity contribution in [2.24, 2.45) is 0 Å². The third-order valence-electron chi connectivity index (χ3n) is 11.3. The third kappa shape index (κ3) is 4.80. The summed E-state index contributed by atoms with van der Waals surface area (Å²) in [5.74, 6) is 0. The first-order valence-electron chi connectivity index (χ1n) is 18.2. The van der Waals surface area contributed by atoms with Crippen molar-refractivity contribution in [3.8, 4) is 5.69 Å². The number of imidazole rings is 1. The fourth-order valence-corrected chi connectivity index (χ4v) is 8.78. The van der Waals surface area contributed by atoms with Crippen LogP contribution >= 0.6 is 0 Å². The number of rotatable bonds is 4. The number of alkyl halides is 1. The molecule has 1 atom stereocenters. The molecule has 0 radical (unpaired) electrons. The van der Waals surface area contributed by atoms with Crippen LogP contribution in [0.25, 0.3) is 54.9 Å². The number of hydrogen-bond donors (Lipinski definition) is 0. The first-order valence-corrected chi connectivity index (χ1v) is 18.2. The molecule has 10 aromatic rings. The van der Waals surface area contributed by atoms with E-state index in [0.717, 1.165) is 72.0 Å². The maximum atomic E-state index is 16.9. The van der Waals surface area contributed by atoms with E-state index in [1.165, 1.54) is 11.1 Å². The predicted octanol–water partition coefficient (Wildman–Crippen LogP) is 11.9. The van der Waals surface area contributed by atoms with E-state index in [1.807, 2.05) is 59.3 Å². The Morgan fingerprint density at radius 3 is 2.27 bits per heavy atom. The molecule has 5 nitrogen and oxygen atoms in total. The monoisotopic (exact) mass is 803 g/mol. The van der Waals surface area contributed by atoms with E-state index in [9.17, 15) is 0 Å². The summed E-state index contributed by atoms with van der Waals surface area (Å²) in [6.07, 6.45) is 4.08. The summed E-state index contributed by atoms with van der Waals surface area (Å²) in [7, 11) is 0. The fourth-order valence-electron chi connectivity index (χ4n) is 8.78. The van der Waals surface area contributed by atoms with Gasteiger partial charge in [-0.3, -0.25) is 4.98 Å². The summed E-state index contributed by atoms with van der Waals surface area (Å²) in [6.45, 7) is 4.61. The first kappa shape index (κ1) is 33.4. The van der Waals surface area contributed by atoms with Crippen LogP contribution in [0.2, 0.25) is 0 Å². The van der Waals surface area contributed by atoms with Crippen LogP contribution in [0.15, 0.2) is 152 Å². The Labute approximate surface area is 331 Å². The Morgan fingerprint density at radius 1 is 0.618 bits per heavy atom. The molecule has 0 amide bonds. The van der Waals surface area contributed by atoms with E-state index in [2.05, 4.69) is 125 Å². The van der Waals surface area contributed by atoms with Gasteiger partial charge in [-0.1, -0.05) is 96.5 Å².